The largest absolute Gasteiger partial charge is 0.389 e. The third-order valence-electron chi connectivity index (χ3n) is 3.14. The van der Waals surface area contributed by atoms with Crippen molar-refractivity contribution in [2.24, 2.45) is 5.92 Å². The highest BCUT2D eigenvalue weighted by molar-refractivity contribution is 4.77. The van der Waals surface area contributed by atoms with E-state index in [1.54, 1.807) is 7.11 Å². The molecule has 0 heterocycles. The van der Waals surface area contributed by atoms with Gasteiger partial charge in [-0.1, -0.05) is 12.8 Å². The van der Waals surface area contributed by atoms with Crippen LogP contribution in [0.15, 0.2) is 0 Å². The van der Waals surface area contributed by atoms with Crippen LogP contribution in [0.4, 0.5) is 0 Å². The summed E-state index contributed by atoms with van der Waals surface area (Å²) >= 11 is 0. The molecule has 1 aliphatic carbocycles. The molecule has 1 fully saturated rings. The van der Waals surface area contributed by atoms with Gasteiger partial charge >= 0.3 is 0 Å². The van der Waals surface area contributed by atoms with Crippen LogP contribution in [0.3, 0.4) is 0 Å². The van der Waals surface area contributed by atoms with E-state index < -0.39 is 0 Å². The number of hydrogen-bond donors (Lipinski definition) is 2. The van der Waals surface area contributed by atoms with Crippen LogP contribution < -0.4 is 5.32 Å². The molecular weight excluding hydrogens is 178 g/mol. The Bertz CT molecular complexity index is 146. The number of aliphatic hydroxyl groups excluding tert-OH is 1. The summed E-state index contributed by atoms with van der Waals surface area (Å²) in [5, 5.41) is 12.8. The Labute approximate surface area is 86.8 Å². The fourth-order valence-corrected chi connectivity index (χ4v) is 2.20. The summed E-state index contributed by atoms with van der Waals surface area (Å²) in [6.07, 6.45) is 5.06. The van der Waals surface area contributed by atoms with Gasteiger partial charge in [-0.15, -0.1) is 0 Å². The maximum Gasteiger partial charge on any atom is 0.0897 e. The molecule has 14 heavy (non-hydrogen) atoms. The summed E-state index contributed by atoms with van der Waals surface area (Å²) in [6, 6.07) is 0.531. The van der Waals surface area contributed by atoms with Crippen LogP contribution in [-0.4, -0.2) is 37.5 Å². The minimum Gasteiger partial charge on any atom is -0.389 e. The summed E-state index contributed by atoms with van der Waals surface area (Å²) in [4.78, 5) is 0. The maximum atomic E-state index is 9.45. The van der Waals surface area contributed by atoms with Gasteiger partial charge in [0.15, 0.2) is 0 Å². The minimum atomic E-state index is -0.371. The van der Waals surface area contributed by atoms with Crippen molar-refractivity contribution in [3.05, 3.63) is 0 Å². The van der Waals surface area contributed by atoms with Gasteiger partial charge < -0.3 is 15.2 Å². The average Bonchev–Trinajstić information content (AvgIpc) is 2.67. The molecule has 0 amide bonds. The third kappa shape index (κ3) is 3.95. The van der Waals surface area contributed by atoms with Gasteiger partial charge in [0.1, 0.15) is 0 Å². The van der Waals surface area contributed by atoms with Crippen LogP contribution in [0.1, 0.15) is 32.6 Å². The van der Waals surface area contributed by atoms with Crippen molar-refractivity contribution in [1.29, 1.82) is 0 Å². The molecule has 1 saturated carbocycles. The quantitative estimate of drug-likeness (QED) is 0.677. The summed E-state index contributed by atoms with van der Waals surface area (Å²) in [5.41, 5.74) is 0. The van der Waals surface area contributed by atoms with E-state index in [4.69, 9.17) is 4.74 Å². The molecule has 2 atom stereocenters. The second-order valence-electron chi connectivity index (χ2n) is 4.35. The van der Waals surface area contributed by atoms with E-state index in [-0.39, 0.29) is 6.10 Å². The van der Waals surface area contributed by atoms with Gasteiger partial charge in [0.2, 0.25) is 0 Å². The summed E-state index contributed by atoms with van der Waals surface area (Å²) in [7, 11) is 1.61. The number of ether oxygens (including phenoxy) is 1. The topological polar surface area (TPSA) is 41.5 Å². The zero-order chi connectivity index (χ0) is 10.4. The second-order valence-corrected chi connectivity index (χ2v) is 4.35. The average molecular weight is 201 g/mol. The standard InChI is InChI=1S/C11H23NO2/c1-9(10-5-3-4-6-10)12-7-11(13)8-14-2/h9-13H,3-8H2,1-2H3/t9-,11?/m0/s1. The Morgan fingerprint density at radius 1 is 1.43 bits per heavy atom. The van der Waals surface area contributed by atoms with Gasteiger partial charge in [0.25, 0.3) is 0 Å². The zero-order valence-corrected chi connectivity index (χ0v) is 9.33. The Morgan fingerprint density at radius 3 is 2.64 bits per heavy atom. The van der Waals surface area contributed by atoms with E-state index in [9.17, 15) is 5.11 Å². The monoisotopic (exact) mass is 201 g/mol. The van der Waals surface area contributed by atoms with Gasteiger partial charge in [-0.05, 0) is 25.7 Å². The highest BCUT2D eigenvalue weighted by atomic mass is 16.5. The predicted molar refractivity (Wildman–Crippen MR) is 57.3 cm³/mol. The molecule has 3 nitrogen and oxygen atoms in total. The van der Waals surface area contributed by atoms with E-state index in [2.05, 4.69) is 12.2 Å². The lowest BCUT2D eigenvalue weighted by molar-refractivity contribution is 0.0617. The van der Waals surface area contributed by atoms with E-state index >= 15 is 0 Å². The molecule has 0 saturated heterocycles. The molecule has 0 spiro atoms. The minimum absolute atomic E-state index is 0.371. The number of aliphatic hydroxyl groups is 1. The van der Waals surface area contributed by atoms with Gasteiger partial charge in [-0.3, -0.25) is 0 Å². The summed E-state index contributed by atoms with van der Waals surface area (Å²) in [5.74, 6) is 0.810. The van der Waals surface area contributed by atoms with E-state index in [1.165, 1.54) is 25.7 Å². The summed E-state index contributed by atoms with van der Waals surface area (Å²) < 4.78 is 4.87. The van der Waals surface area contributed by atoms with Crippen molar-refractivity contribution >= 4 is 0 Å². The molecular formula is C11H23NO2. The highest BCUT2D eigenvalue weighted by Gasteiger charge is 2.21. The van der Waals surface area contributed by atoms with Crippen LogP contribution in [0.2, 0.25) is 0 Å². The van der Waals surface area contributed by atoms with Gasteiger partial charge in [0, 0.05) is 19.7 Å². The first-order valence-electron chi connectivity index (χ1n) is 5.64. The van der Waals surface area contributed by atoms with Crippen LogP contribution >= 0.6 is 0 Å². The number of methoxy groups -OCH3 is 1. The molecule has 0 aromatic heterocycles. The lowest BCUT2D eigenvalue weighted by atomic mass is 10.00. The second kappa shape index (κ2) is 6.38. The van der Waals surface area contributed by atoms with E-state index in [1.807, 2.05) is 0 Å². The first-order valence-corrected chi connectivity index (χ1v) is 5.64. The molecule has 1 rings (SSSR count). The molecule has 0 bridgehead atoms. The Morgan fingerprint density at radius 2 is 2.07 bits per heavy atom. The smallest absolute Gasteiger partial charge is 0.0897 e. The molecule has 2 N–H and O–H groups in total. The van der Waals surface area contributed by atoms with E-state index in [0.29, 0.717) is 19.2 Å². The first kappa shape index (κ1) is 12.0. The predicted octanol–water partition coefficient (Wildman–Crippen LogP) is 1.16. The number of rotatable bonds is 6. The van der Waals surface area contributed by atoms with Crippen molar-refractivity contribution in [2.45, 2.75) is 44.8 Å². The zero-order valence-electron chi connectivity index (χ0n) is 9.33. The van der Waals surface area contributed by atoms with Gasteiger partial charge in [-0.2, -0.15) is 0 Å². The van der Waals surface area contributed by atoms with Crippen molar-refractivity contribution < 1.29 is 9.84 Å². The van der Waals surface area contributed by atoms with Crippen LogP contribution in [0.25, 0.3) is 0 Å². The molecule has 84 valence electrons. The fraction of sp³-hybridized carbons (Fsp3) is 1.00. The number of nitrogens with one attached hydrogen (secondary N) is 1. The van der Waals surface area contributed by atoms with Crippen molar-refractivity contribution in [1.82, 2.24) is 5.32 Å². The molecule has 0 radical (unpaired) electrons. The Hall–Kier alpha value is -0.120. The Kier molecular flexibility index (Phi) is 5.45. The lowest BCUT2D eigenvalue weighted by Crippen LogP contribution is -2.39. The van der Waals surface area contributed by atoms with Gasteiger partial charge in [-0.25, -0.2) is 0 Å². The summed E-state index contributed by atoms with van der Waals surface area (Å²) in [6.45, 7) is 3.28. The first-order chi connectivity index (χ1) is 6.74. The molecule has 0 aromatic carbocycles. The highest BCUT2D eigenvalue weighted by Crippen LogP contribution is 2.27. The van der Waals surface area contributed by atoms with Crippen molar-refractivity contribution in [2.75, 3.05) is 20.3 Å². The van der Waals surface area contributed by atoms with Crippen LogP contribution in [-0.2, 0) is 4.74 Å². The molecule has 3 heteroatoms. The SMILES string of the molecule is COCC(O)CN[C@@H](C)C1CCCC1. The number of hydrogen-bond acceptors (Lipinski definition) is 3. The third-order valence-corrected chi connectivity index (χ3v) is 3.14. The van der Waals surface area contributed by atoms with Crippen molar-refractivity contribution in [3.8, 4) is 0 Å². The molecule has 1 aliphatic rings. The van der Waals surface area contributed by atoms with Gasteiger partial charge in [0.05, 0.1) is 12.7 Å². The van der Waals surface area contributed by atoms with Crippen molar-refractivity contribution in [3.63, 3.8) is 0 Å². The molecule has 1 unspecified atom stereocenters. The Balaban J connectivity index is 2.10. The van der Waals surface area contributed by atoms with E-state index in [0.717, 1.165) is 5.92 Å². The normalized spacial score (nSPS) is 22.5. The molecule has 0 aromatic rings. The van der Waals surface area contributed by atoms with Crippen LogP contribution in [0, 0.1) is 5.92 Å². The lowest BCUT2D eigenvalue weighted by Gasteiger charge is -2.21. The molecule has 0 aliphatic heterocycles. The maximum absolute atomic E-state index is 9.45. The van der Waals surface area contributed by atoms with Crippen LogP contribution in [0.5, 0.6) is 0 Å². The fourth-order valence-electron chi connectivity index (χ4n) is 2.20.